The maximum Gasteiger partial charge on any atom is 0.230 e. The highest BCUT2D eigenvalue weighted by Gasteiger charge is 2.53. The van der Waals surface area contributed by atoms with Crippen molar-refractivity contribution in [2.45, 2.75) is 13.0 Å². The van der Waals surface area contributed by atoms with E-state index < -0.39 is 18.7 Å². The summed E-state index contributed by atoms with van der Waals surface area (Å²) >= 11 is 37.1. The molecule has 0 N–H and O–H groups in total. The Kier molecular flexibility index (Phi) is 5.11. The molecule has 0 aromatic carbocycles. The van der Waals surface area contributed by atoms with Gasteiger partial charge in [-0.05, 0) is 0 Å². The number of carbonyl (C=O) groups is 1. The molecule has 0 atom stereocenters. The van der Waals surface area contributed by atoms with Crippen LogP contribution in [0.1, 0.15) is 0 Å². The Hall–Kier alpha value is 1.70. The average Bonchev–Trinajstić information content (AvgIpc) is 1.83. The minimum atomic E-state index is -2.24. The number of rotatable bonds is 2. The van der Waals surface area contributed by atoms with Gasteiger partial charge in [0, 0.05) is 0 Å². The average molecular weight is 313 g/mol. The quantitative estimate of drug-likeness (QED) is 0.707. The van der Waals surface area contributed by atoms with Crippen LogP contribution in [0.3, 0.4) is 0 Å². The van der Waals surface area contributed by atoms with Gasteiger partial charge in [0.25, 0.3) is 0 Å². The smallest absolute Gasteiger partial charge is 0.230 e. The molecule has 0 unspecified atom stereocenters. The highest BCUT2D eigenvalue weighted by atomic mass is 35.6. The fourth-order valence-corrected chi connectivity index (χ4v) is 1.33. The molecule has 72 valence electrons. The van der Waals surface area contributed by atoms with Gasteiger partial charge < -0.3 is 0 Å². The van der Waals surface area contributed by atoms with Crippen LogP contribution in [0.5, 0.6) is 0 Å². The Labute approximate surface area is 104 Å². The largest absolute Gasteiger partial charge is 0.293 e. The first kappa shape index (κ1) is 13.7. The van der Waals surface area contributed by atoms with Gasteiger partial charge in [0.05, 0.1) is 0 Å². The van der Waals surface area contributed by atoms with Crippen LogP contribution in [0, 0.1) is 0 Å². The summed E-state index contributed by atoms with van der Waals surface area (Å²) in [5, 5.41) is 0. The predicted octanol–water partition coefficient (Wildman–Crippen LogP) is 3.90. The van der Waals surface area contributed by atoms with Gasteiger partial charge in [-0.3, -0.25) is 4.79 Å². The number of hydrogen-bond donors (Lipinski definition) is 0. The minimum absolute atomic E-state index is 0.978. The molecule has 0 heterocycles. The Morgan fingerprint density at radius 2 is 1.33 bits per heavy atom. The van der Waals surface area contributed by atoms with Crippen LogP contribution in [-0.4, -0.2) is 18.7 Å². The lowest BCUT2D eigenvalue weighted by molar-refractivity contribution is -0.118. The molecular weight excluding hydrogens is 312 g/mol. The highest BCUT2D eigenvalue weighted by Crippen LogP contribution is 2.47. The van der Waals surface area contributed by atoms with Gasteiger partial charge in [0.1, 0.15) is 0 Å². The van der Waals surface area contributed by atoms with Crippen LogP contribution in [0.4, 0.5) is 0 Å². The molecule has 0 bridgehead atoms. The third-order valence-electron chi connectivity index (χ3n) is 0.864. The normalized spacial score (nSPS) is 13.7. The van der Waals surface area contributed by atoms with Crippen molar-refractivity contribution in [3.05, 3.63) is 0 Å². The molecule has 8 heteroatoms. The van der Waals surface area contributed by atoms with Crippen LogP contribution in [0.15, 0.2) is 0 Å². The van der Waals surface area contributed by atoms with Gasteiger partial charge in [-0.2, -0.15) is 0 Å². The minimum Gasteiger partial charge on any atom is -0.293 e. The van der Waals surface area contributed by atoms with Crippen LogP contribution in [0.25, 0.3) is 0 Å². The van der Waals surface area contributed by atoms with Crippen molar-refractivity contribution in [2.75, 3.05) is 0 Å². The zero-order valence-electron chi connectivity index (χ0n) is 5.13. The maximum atomic E-state index is 11.0. The molecule has 0 saturated carbocycles. The molecule has 0 amide bonds. The van der Waals surface area contributed by atoms with Gasteiger partial charge >= 0.3 is 0 Å². The number of halogens is 7. The van der Waals surface area contributed by atoms with Gasteiger partial charge in [-0.15, -0.1) is 0 Å². The summed E-state index contributed by atoms with van der Waals surface area (Å²) in [5.41, 5.74) is 0. The zero-order valence-corrected chi connectivity index (χ0v) is 10.4. The first-order valence-electron chi connectivity index (χ1n) is 2.37. The molecule has 0 aliphatic heterocycles. The van der Waals surface area contributed by atoms with Gasteiger partial charge in [0.15, 0.2) is 4.84 Å². The van der Waals surface area contributed by atoms with Crippen LogP contribution < -0.4 is 0 Å². The van der Waals surface area contributed by atoms with Crippen LogP contribution in [0.2, 0.25) is 0 Å². The van der Waals surface area contributed by atoms with E-state index in [4.69, 9.17) is 81.2 Å². The van der Waals surface area contributed by atoms with E-state index in [2.05, 4.69) is 0 Å². The van der Waals surface area contributed by atoms with E-state index in [1.165, 1.54) is 0 Å². The zero-order chi connectivity index (χ0) is 10.2. The SMILES string of the molecule is O=C(C(Cl)Cl)C(Cl)(Cl)C(Cl)(Cl)Cl. The molecule has 0 spiro atoms. The fraction of sp³-hybridized carbons (Fsp3) is 0.750. The monoisotopic (exact) mass is 310 g/mol. The number of hydrogen-bond acceptors (Lipinski definition) is 1. The third-order valence-corrected chi connectivity index (χ3v) is 3.63. The molecule has 0 rings (SSSR count). The second-order valence-electron chi connectivity index (χ2n) is 1.74. The van der Waals surface area contributed by atoms with Crippen molar-refractivity contribution in [3.63, 3.8) is 0 Å². The standard InChI is InChI=1S/C4HCl7O/c5-2(6)1(12)3(7,8)4(9,10)11/h2H. The summed E-state index contributed by atoms with van der Waals surface area (Å²) in [6.45, 7) is 0. The second kappa shape index (κ2) is 4.48. The molecule has 12 heavy (non-hydrogen) atoms. The highest BCUT2D eigenvalue weighted by molar-refractivity contribution is 6.81. The number of ketones is 1. The van der Waals surface area contributed by atoms with Crippen molar-refractivity contribution < 1.29 is 4.79 Å². The first-order valence-corrected chi connectivity index (χ1v) is 5.14. The molecule has 0 aliphatic carbocycles. The van der Waals surface area contributed by atoms with E-state index in [9.17, 15) is 4.79 Å². The Morgan fingerprint density at radius 3 is 1.42 bits per heavy atom. The molecule has 0 aromatic rings. The van der Waals surface area contributed by atoms with Crippen LogP contribution >= 0.6 is 81.2 Å². The second-order valence-corrected chi connectivity index (χ2v) is 6.44. The van der Waals surface area contributed by atoms with Gasteiger partial charge in [-0.1, -0.05) is 81.2 Å². The lowest BCUT2D eigenvalue weighted by Gasteiger charge is -2.25. The molecule has 0 radical (unpaired) electrons. The summed E-state index contributed by atoms with van der Waals surface area (Å²) in [7, 11) is 0. The third kappa shape index (κ3) is 3.13. The van der Waals surface area contributed by atoms with E-state index in [0.717, 1.165) is 0 Å². The summed E-state index contributed by atoms with van der Waals surface area (Å²) in [5.74, 6) is -0.978. The topological polar surface area (TPSA) is 17.1 Å². The van der Waals surface area contributed by atoms with E-state index in [1.54, 1.807) is 0 Å². The Balaban J connectivity index is 4.74. The maximum absolute atomic E-state index is 11.0. The van der Waals surface area contributed by atoms with Crippen molar-refractivity contribution in [1.29, 1.82) is 0 Å². The molecule has 1 nitrogen and oxygen atoms in total. The van der Waals surface area contributed by atoms with Crippen molar-refractivity contribution in [3.8, 4) is 0 Å². The lowest BCUT2D eigenvalue weighted by atomic mass is 10.3. The van der Waals surface area contributed by atoms with Crippen molar-refractivity contribution >= 4 is 87.0 Å². The molecule has 0 aromatic heterocycles. The summed E-state index contributed by atoms with van der Waals surface area (Å²) in [6, 6.07) is 0. The predicted molar refractivity (Wildman–Crippen MR) is 55.2 cm³/mol. The molecular formula is C4HCl7O. The van der Waals surface area contributed by atoms with Crippen molar-refractivity contribution in [1.82, 2.24) is 0 Å². The van der Waals surface area contributed by atoms with E-state index in [1.807, 2.05) is 0 Å². The van der Waals surface area contributed by atoms with Crippen LogP contribution in [-0.2, 0) is 4.79 Å². The fourth-order valence-electron chi connectivity index (χ4n) is 0.277. The van der Waals surface area contributed by atoms with Gasteiger partial charge in [-0.25, -0.2) is 0 Å². The first-order chi connectivity index (χ1) is 5.10. The number of carbonyl (C=O) groups excluding carboxylic acids is 1. The van der Waals surface area contributed by atoms with E-state index in [-0.39, 0.29) is 0 Å². The molecule has 0 aliphatic rings. The van der Waals surface area contributed by atoms with E-state index >= 15 is 0 Å². The molecule has 0 saturated heterocycles. The number of Topliss-reactive ketones (excluding diaryl/α,β-unsaturated/α-hetero) is 1. The van der Waals surface area contributed by atoms with Crippen molar-refractivity contribution in [2.24, 2.45) is 0 Å². The lowest BCUT2D eigenvalue weighted by Crippen LogP contribution is -2.42. The summed E-state index contributed by atoms with van der Waals surface area (Å²) in [6.07, 6.45) is 0. The number of alkyl halides is 7. The molecule has 0 fully saturated rings. The Bertz CT molecular complexity index is 180. The van der Waals surface area contributed by atoms with Gasteiger partial charge in [0.2, 0.25) is 13.9 Å². The van der Waals surface area contributed by atoms with E-state index in [0.29, 0.717) is 0 Å². The summed E-state index contributed by atoms with van der Waals surface area (Å²) in [4.78, 5) is 9.60. The Morgan fingerprint density at radius 1 is 1.00 bits per heavy atom. The summed E-state index contributed by atoms with van der Waals surface area (Å²) < 4.78 is -4.42.